The second-order valence-electron chi connectivity index (χ2n) is 5.68. The number of carbonyl (C=O) groups excluding carboxylic acids is 1. The first-order valence-electron chi connectivity index (χ1n) is 6.89. The van der Waals surface area contributed by atoms with Crippen LogP contribution in [0.25, 0.3) is 0 Å². The molecule has 0 spiro atoms. The number of fused-ring (bicyclic) bond motifs is 3. The number of carbonyl (C=O) groups is 1. The topological polar surface area (TPSA) is 37.7 Å². The number of likely N-dealkylation sites (N-methyl/N-ethyl adjacent to an activating group) is 1. The van der Waals surface area contributed by atoms with Crippen LogP contribution in [-0.2, 0) is 16.1 Å². The van der Waals surface area contributed by atoms with E-state index in [2.05, 4.69) is 11.9 Å². The molecule has 2 atom stereocenters. The van der Waals surface area contributed by atoms with Crippen LogP contribution in [0.1, 0.15) is 0 Å². The van der Waals surface area contributed by atoms with E-state index in [1.54, 1.807) is 0 Å². The van der Waals surface area contributed by atoms with Crippen LogP contribution in [-0.4, -0.2) is 66.2 Å². The summed E-state index contributed by atoms with van der Waals surface area (Å²) in [5.74, 6) is 0.637. The molecule has 19 heavy (non-hydrogen) atoms. The van der Waals surface area contributed by atoms with Gasteiger partial charge in [0, 0.05) is 37.9 Å². The average Bonchev–Trinajstić information content (AvgIpc) is 2.70. The molecule has 2 bridgehead atoms. The molecule has 3 rings (SSSR count). The first-order chi connectivity index (χ1) is 9.22. The van der Waals surface area contributed by atoms with Crippen molar-refractivity contribution in [1.82, 2.24) is 14.4 Å². The number of nitrogens with zero attached hydrogens (tertiary/aromatic N) is 3. The molecular weight excluding hydrogens is 242 g/mol. The van der Waals surface area contributed by atoms with Gasteiger partial charge in [-0.2, -0.15) is 0 Å². The van der Waals surface area contributed by atoms with E-state index in [0.717, 1.165) is 26.2 Å². The van der Waals surface area contributed by atoms with Crippen LogP contribution < -0.4 is 0 Å². The number of ether oxygens (including phenoxy) is 1. The third-order valence-corrected chi connectivity index (χ3v) is 3.96. The zero-order valence-corrected chi connectivity index (χ0v) is 11.4. The summed E-state index contributed by atoms with van der Waals surface area (Å²) in [6.45, 7) is 4.62. The van der Waals surface area contributed by atoms with Crippen LogP contribution in [0, 0.1) is 5.92 Å². The summed E-state index contributed by atoms with van der Waals surface area (Å²) in [6, 6.07) is 4.09. The Morgan fingerprint density at radius 3 is 2.79 bits per heavy atom. The molecule has 2 aliphatic rings. The Labute approximate surface area is 113 Å². The standard InChI is InChI=1S/C14H21N3O2/c1-15-6-12-7-17(13(8-15)11-19-10-12)14(18)9-16-4-2-3-5-16/h2-5,12-13H,6-11H2,1H3/t12-,13-/m0/s1. The Kier molecular flexibility index (Phi) is 3.57. The summed E-state index contributed by atoms with van der Waals surface area (Å²) in [4.78, 5) is 16.8. The Morgan fingerprint density at radius 2 is 2.00 bits per heavy atom. The molecule has 0 saturated carbocycles. The van der Waals surface area contributed by atoms with Crippen molar-refractivity contribution < 1.29 is 9.53 Å². The lowest BCUT2D eigenvalue weighted by Crippen LogP contribution is -2.47. The van der Waals surface area contributed by atoms with Gasteiger partial charge in [-0.15, -0.1) is 0 Å². The van der Waals surface area contributed by atoms with Crippen molar-refractivity contribution in [3.63, 3.8) is 0 Å². The summed E-state index contributed by atoms with van der Waals surface area (Å²) in [5.41, 5.74) is 0. The van der Waals surface area contributed by atoms with E-state index in [1.807, 2.05) is 34.0 Å². The quantitative estimate of drug-likeness (QED) is 0.769. The molecule has 1 aromatic rings. The van der Waals surface area contributed by atoms with Crippen LogP contribution in [0.5, 0.6) is 0 Å². The predicted octanol–water partition coefficient (Wildman–Crippen LogP) is 0.277. The van der Waals surface area contributed by atoms with Gasteiger partial charge >= 0.3 is 0 Å². The summed E-state index contributed by atoms with van der Waals surface area (Å²) < 4.78 is 7.63. The Morgan fingerprint density at radius 1 is 1.21 bits per heavy atom. The second kappa shape index (κ2) is 5.35. The smallest absolute Gasteiger partial charge is 0.242 e. The maximum absolute atomic E-state index is 12.5. The fourth-order valence-corrected chi connectivity index (χ4v) is 3.11. The van der Waals surface area contributed by atoms with Crippen molar-refractivity contribution in [2.75, 3.05) is 39.9 Å². The molecule has 0 N–H and O–H groups in total. The maximum Gasteiger partial charge on any atom is 0.242 e. The van der Waals surface area contributed by atoms with Crippen LogP contribution in [0.3, 0.4) is 0 Å². The highest BCUT2D eigenvalue weighted by atomic mass is 16.5. The van der Waals surface area contributed by atoms with Crippen LogP contribution in [0.4, 0.5) is 0 Å². The number of hydrogen-bond acceptors (Lipinski definition) is 3. The molecule has 2 fully saturated rings. The van der Waals surface area contributed by atoms with E-state index < -0.39 is 0 Å². The molecule has 0 aliphatic carbocycles. The molecular formula is C14H21N3O2. The van der Waals surface area contributed by atoms with Gasteiger partial charge in [0.15, 0.2) is 0 Å². The highest BCUT2D eigenvalue weighted by Gasteiger charge is 2.34. The van der Waals surface area contributed by atoms with Gasteiger partial charge in [-0.25, -0.2) is 0 Å². The summed E-state index contributed by atoms with van der Waals surface area (Å²) in [7, 11) is 2.13. The van der Waals surface area contributed by atoms with E-state index >= 15 is 0 Å². The molecule has 1 aromatic heterocycles. The zero-order chi connectivity index (χ0) is 13.2. The average molecular weight is 263 g/mol. The largest absolute Gasteiger partial charge is 0.379 e. The first kappa shape index (κ1) is 12.7. The molecule has 2 aliphatic heterocycles. The molecule has 104 valence electrons. The Bertz CT molecular complexity index is 432. The minimum absolute atomic E-state index is 0.195. The minimum Gasteiger partial charge on any atom is -0.379 e. The Hall–Kier alpha value is -1.33. The molecule has 5 nitrogen and oxygen atoms in total. The van der Waals surface area contributed by atoms with Crippen molar-refractivity contribution in [3.8, 4) is 0 Å². The van der Waals surface area contributed by atoms with Gasteiger partial charge in [0.1, 0.15) is 6.54 Å². The van der Waals surface area contributed by atoms with Gasteiger partial charge in [-0.05, 0) is 19.2 Å². The van der Waals surface area contributed by atoms with Gasteiger partial charge in [0.25, 0.3) is 0 Å². The zero-order valence-electron chi connectivity index (χ0n) is 11.4. The summed E-state index contributed by atoms with van der Waals surface area (Å²) in [5, 5.41) is 0. The van der Waals surface area contributed by atoms with Crippen molar-refractivity contribution in [1.29, 1.82) is 0 Å². The molecule has 0 aromatic carbocycles. The third kappa shape index (κ3) is 2.82. The second-order valence-corrected chi connectivity index (χ2v) is 5.68. The summed E-state index contributed by atoms with van der Waals surface area (Å²) >= 11 is 0. The first-order valence-corrected chi connectivity index (χ1v) is 6.89. The molecule has 0 radical (unpaired) electrons. The lowest BCUT2D eigenvalue weighted by atomic mass is 10.1. The number of amides is 1. The number of aromatic nitrogens is 1. The third-order valence-electron chi connectivity index (χ3n) is 3.96. The minimum atomic E-state index is 0.195. The van der Waals surface area contributed by atoms with E-state index in [-0.39, 0.29) is 11.9 Å². The van der Waals surface area contributed by atoms with Gasteiger partial charge in [-0.3, -0.25) is 4.79 Å². The molecule has 0 unspecified atom stereocenters. The van der Waals surface area contributed by atoms with Crippen molar-refractivity contribution >= 4 is 5.91 Å². The predicted molar refractivity (Wildman–Crippen MR) is 71.7 cm³/mol. The van der Waals surface area contributed by atoms with Crippen LogP contribution in [0.15, 0.2) is 24.5 Å². The molecule has 2 saturated heterocycles. The van der Waals surface area contributed by atoms with Crippen molar-refractivity contribution in [2.45, 2.75) is 12.6 Å². The van der Waals surface area contributed by atoms with Gasteiger partial charge in [0.2, 0.25) is 5.91 Å². The summed E-state index contributed by atoms with van der Waals surface area (Å²) in [6.07, 6.45) is 3.87. The highest BCUT2D eigenvalue weighted by molar-refractivity contribution is 5.76. The van der Waals surface area contributed by atoms with E-state index in [9.17, 15) is 4.79 Å². The van der Waals surface area contributed by atoms with Crippen molar-refractivity contribution in [3.05, 3.63) is 24.5 Å². The number of hydrogen-bond donors (Lipinski definition) is 0. The van der Waals surface area contributed by atoms with E-state index in [1.165, 1.54) is 0 Å². The fourth-order valence-electron chi connectivity index (χ4n) is 3.11. The monoisotopic (exact) mass is 263 g/mol. The SMILES string of the molecule is CN1C[C@@H]2COC[C@H](C1)N(C(=O)Cn1cccc1)C2. The molecule has 1 amide bonds. The highest BCUT2D eigenvalue weighted by Crippen LogP contribution is 2.19. The normalized spacial score (nSPS) is 28.2. The lowest BCUT2D eigenvalue weighted by molar-refractivity contribution is -0.134. The van der Waals surface area contributed by atoms with E-state index in [0.29, 0.717) is 19.1 Å². The lowest BCUT2D eigenvalue weighted by Gasteiger charge is -2.29. The van der Waals surface area contributed by atoms with Gasteiger partial charge in [0.05, 0.1) is 19.3 Å². The number of rotatable bonds is 2. The van der Waals surface area contributed by atoms with Crippen LogP contribution >= 0.6 is 0 Å². The fraction of sp³-hybridized carbons (Fsp3) is 0.643. The molecule has 3 heterocycles. The molecule has 5 heteroatoms. The Balaban J connectivity index is 1.73. The van der Waals surface area contributed by atoms with E-state index in [4.69, 9.17) is 4.74 Å². The van der Waals surface area contributed by atoms with Gasteiger partial charge in [-0.1, -0.05) is 0 Å². The van der Waals surface area contributed by atoms with Gasteiger partial charge < -0.3 is 19.1 Å². The van der Waals surface area contributed by atoms with Crippen LogP contribution in [0.2, 0.25) is 0 Å². The van der Waals surface area contributed by atoms with Crippen molar-refractivity contribution in [2.24, 2.45) is 5.92 Å². The maximum atomic E-state index is 12.5.